The van der Waals surface area contributed by atoms with Crippen molar-refractivity contribution in [3.63, 3.8) is 0 Å². The molecule has 2 aromatic heterocycles. The molecule has 2 aromatic carbocycles. The average Bonchev–Trinajstić information content (AvgIpc) is 3.13. The Balaban J connectivity index is 1.71. The number of nitrogens with zero attached hydrogens (tertiary/aromatic N) is 1. The molecule has 1 aliphatic heterocycles. The maximum absolute atomic E-state index is 12.8. The Bertz CT molecular complexity index is 1360. The SMILES string of the molecule is COc1ccc(-n2c(O)c([C@@H]3[NH2+]CCc4c3[nH]c3ccccc43)c(=O)[nH]c2=O)cc1. The van der Waals surface area contributed by atoms with Crippen LogP contribution in [-0.4, -0.2) is 33.3 Å². The summed E-state index contributed by atoms with van der Waals surface area (Å²) in [5.41, 5.74) is 2.31. The van der Waals surface area contributed by atoms with Crippen LogP contribution in [0.4, 0.5) is 0 Å². The Morgan fingerprint density at radius 1 is 1.10 bits per heavy atom. The van der Waals surface area contributed by atoms with Gasteiger partial charge in [0, 0.05) is 17.3 Å². The summed E-state index contributed by atoms with van der Waals surface area (Å²) in [6.45, 7) is 0.764. The van der Waals surface area contributed by atoms with Crippen molar-refractivity contribution >= 4 is 10.9 Å². The third-order valence-electron chi connectivity index (χ3n) is 5.72. The molecule has 0 unspecified atom stereocenters. The zero-order chi connectivity index (χ0) is 20.8. The van der Waals surface area contributed by atoms with E-state index < -0.39 is 17.3 Å². The Kier molecular flexibility index (Phi) is 4.22. The summed E-state index contributed by atoms with van der Waals surface area (Å²) in [5.74, 6) is 0.265. The Hall–Kier alpha value is -3.78. The summed E-state index contributed by atoms with van der Waals surface area (Å²) in [6.07, 6.45) is 0.854. The highest BCUT2D eigenvalue weighted by atomic mass is 16.5. The highest BCUT2D eigenvalue weighted by Gasteiger charge is 2.34. The summed E-state index contributed by atoms with van der Waals surface area (Å²) in [7, 11) is 1.55. The van der Waals surface area contributed by atoms with Crippen LogP contribution >= 0.6 is 0 Å². The Labute approximate surface area is 170 Å². The van der Waals surface area contributed by atoms with E-state index in [1.165, 1.54) is 0 Å². The molecule has 0 aliphatic carbocycles. The van der Waals surface area contributed by atoms with E-state index in [2.05, 4.69) is 16.0 Å². The predicted octanol–water partition coefficient (Wildman–Crippen LogP) is 0.930. The van der Waals surface area contributed by atoms with Gasteiger partial charge in [-0.05, 0) is 35.9 Å². The van der Waals surface area contributed by atoms with Crippen molar-refractivity contribution in [2.24, 2.45) is 0 Å². The van der Waals surface area contributed by atoms with Gasteiger partial charge in [-0.1, -0.05) is 18.2 Å². The predicted molar refractivity (Wildman–Crippen MR) is 112 cm³/mol. The summed E-state index contributed by atoms with van der Waals surface area (Å²) < 4.78 is 6.27. The van der Waals surface area contributed by atoms with Crippen LogP contribution in [0.2, 0.25) is 0 Å². The molecule has 0 fully saturated rings. The Morgan fingerprint density at radius 3 is 2.63 bits per heavy atom. The third-order valence-corrected chi connectivity index (χ3v) is 5.72. The highest BCUT2D eigenvalue weighted by molar-refractivity contribution is 5.85. The van der Waals surface area contributed by atoms with E-state index in [0.29, 0.717) is 11.4 Å². The summed E-state index contributed by atoms with van der Waals surface area (Å²) in [6, 6.07) is 14.2. The lowest BCUT2D eigenvalue weighted by molar-refractivity contribution is -0.690. The van der Waals surface area contributed by atoms with Gasteiger partial charge >= 0.3 is 5.69 Å². The molecule has 30 heavy (non-hydrogen) atoms. The van der Waals surface area contributed by atoms with Crippen molar-refractivity contribution in [2.75, 3.05) is 13.7 Å². The molecule has 4 aromatic rings. The molecule has 152 valence electrons. The van der Waals surface area contributed by atoms with E-state index in [1.54, 1.807) is 31.4 Å². The third kappa shape index (κ3) is 2.73. The van der Waals surface area contributed by atoms with E-state index in [1.807, 2.05) is 23.5 Å². The molecule has 0 spiro atoms. The molecule has 0 bridgehead atoms. The number of para-hydroxylation sites is 1. The van der Waals surface area contributed by atoms with Crippen LogP contribution in [0.3, 0.4) is 0 Å². The number of H-pyrrole nitrogens is 2. The number of quaternary nitrogens is 1. The molecule has 0 radical (unpaired) electrons. The molecule has 8 heteroatoms. The van der Waals surface area contributed by atoms with Crippen molar-refractivity contribution in [2.45, 2.75) is 12.5 Å². The highest BCUT2D eigenvalue weighted by Crippen LogP contribution is 2.32. The van der Waals surface area contributed by atoms with Gasteiger partial charge in [0.15, 0.2) is 6.04 Å². The van der Waals surface area contributed by atoms with Crippen LogP contribution in [0.1, 0.15) is 22.9 Å². The van der Waals surface area contributed by atoms with E-state index in [4.69, 9.17) is 4.74 Å². The number of aromatic nitrogens is 3. The smallest absolute Gasteiger partial charge is 0.335 e. The van der Waals surface area contributed by atoms with Crippen molar-refractivity contribution in [3.05, 3.63) is 86.2 Å². The van der Waals surface area contributed by atoms with Gasteiger partial charge in [0.25, 0.3) is 5.56 Å². The number of hydrogen-bond donors (Lipinski definition) is 4. The van der Waals surface area contributed by atoms with Gasteiger partial charge in [-0.15, -0.1) is 0 Å². The van der Waals surface area contributed by atoms with Crippen molar-refractivity contribution in [3.8, 4) is 17.3 Å². The maximum atomic E-state index is 12.8. The van der Waals surface area contributed by atoms with Crippen LogP contribution in [0, 0.1) is 0 Å². The monoisotopic (exact) mass is 405 g/mol. The lowest BCUT2D eigenvalue weighted by atomic mass is 9.95. The first-order valence-corrected chi connectivity index (χ1v) is 9.74. The molecule has 3 heterocycles. The fourth-order valence-electron chi connectivity index (χ4n) is 4.32. The first-order chi connectivity index (χ1) is 14.6. The molecule has 0 saturated heterocycles. The Morgan fingerprint density at radius 2 is 1.87 bits per heavy atom. The lowest BCUT2D eigenvalue weighted by Crippen LogP contribution is -2.87. The quantitative estimate of drug-likeness (QED) is 0.406. The van der Waals surface area contributed by atoms with Crippen LogP contribution < -0.4 is 21.3 Å². The lowest BCUT2D eigenvalue weighted by Gasteiger charge is -2.22. The first kappa shape index (κ1) is 18.3. The zero-order valence-corrected chi connectivity index (χ0v) is 16.3. The van der Waals surface area contributed by atoms with Gasteiger partial charge in [0.1, 0.15) is 11.3 Å². The number of fused-ring (bicyclic) bond motifs is 3. The van der Waals surface area contributed by atoms with Gasteiger partial charge in [-0.25, -0.2) is 9.36 Å². The normalized spacial score (nSPS) is 15.8. The van der Waals surface area contributed by atoms with Gasteiger partial charge in [0.2, 0.25) is 5.88 Å². The summed E-state index contributed by atoms with van der Waals surface area (Å²) in [5, 5.41) is 14.2. The van der Waals surface area contributed by atoms with E-state index >= 15 is 0 Å². The minimum atomic E-state index is -0.695. The fourth-order valence-corrected chi connectivity index (χ4v) is 4.32. The molecule has 8 nitrogen and oxygen atoms in total. The molecular weight excluding hydrogens is 384 g/mol. The second kappa shape index (κ2) is 6.93. The molecule has 0 amide bonds. The number of nitrogens with one attached hydrogen (secondary N) is 2. The van der Waals surface area contributed by atoms with Gasteiger partial charge in [0.05, 0.1) is 25.0 Å². The topological polar surface area (TPSA) is 117 Å². The van der Waals surface area contributed by atoms with Gasteiger partial charge in [-0.3, -0.25) is 9.78 Å². The number of benzene rings is 2. The van der Waals surface area contributed by atoms with Crippen molar-refractivity contribution in [1.82, 2.24) is 14.5 Å². The van der Waals surface area contributed by atoms with Gasteiger partial charge < -0.3 is 20.1 Å². The molecule has 0 saturated carbocycles. The second-order valence-electron chi connectivity index (χ2n) is 7.34. The van der Waals surface area contributed by atoms with E-state index in [-0.39, 0.29) is 11.4 Å². The van der Waals surface area contributed by atoms with Crippen LogP contribution in [0.25, 0.3) is 16.6 Å². The average molecular weight is 405 g/mol. The zero-order valence-electron chi connectivity index (χ0n) is 16.3. The number of hydrogen-bond acceptors (Lipinski definition) is 4. The number of ether oxygens (including phenoxy) is 1. The number of methoxy groups -OCH3 is 1. The minimum absolute atomic E-state index is 0.151. The molecular formula is C22H21N4O4+. The van der Waals surface area contributed by atoms with Crippen LogP contribution in [0.15, 0.2) is 58.1 Å². The summed E-state index contributed by atoms with van der Waals surface area (Å²) in [4.78, 5) is 31.1. The van der Waals surface area contributed by atoms with E-state index in [9.17, 15) is 14.7 Å². The second-order valence-corrected chi connectivity index (χ2v) is 7.34. The first-order valence-electron chi connectivity index (χ1n) is 9.74. The fraction of sp³-hybridized carbons (Fsp3) is 0.182. The maximum Gasteiger partial charge on any atom is 0.335 e. The standard InChI is InChI=1S/C22H20N4O4/c1-30-13-8-6-12(7-9-13)26-21(28)17(20(27)25-22(26)29)19-18-15(10-11-23-19)14-4-2-3-5-16(14)24-18/h2-9,19,23-24,28H,10-11H2,1H3,(H,25,27,29)/p+1/t19-/m0/s1. The number of rotatable bonds is 3. The van der Waals surface area contributed by atoms with Crippen molar-refractivity contribution < 1.29 is 15.2 Å². The van der Waals surface area contributed by atoms with Crippen LogP contribution in [0.5, 0.6) is 11.6 Å². The molecule has 1 atom stereocenters. The molecule has 5 N–H and O–H groups in total. The number of nitrogens with two attached hydrogens (primary N) is 1. The number of aromatic hydroxyl groups is 1. The largest absolute Gasteiger partial charge is 0.497 e. The van der Waals surface area contributed by atoms with E-state index in [0.717, 1.165) is 39.7 Å². The van der Waals surface area contributed by atoms with Crippen LogP contribution in [-0.2, 0) is 6.42 Å². The number of aromatic amines is 2. The minimum Gasteiger partial charge on any atom is -0.497 e. The van der Waals surface area contributed by atoms with Crippen molar-refractivity contribution in [1.29, 1.82) is 0 Å². The molecule has 1 aliphatic rings. The van der Waals surface area contributed by atoms with Gasteiger partial charge in [-0.2, -0.15) is 0 Å². The molecule has 5 rings (SSSR count). The summed E-state index contributed by atoms with van der Waals surface area (Å²) >= 11 is 0.